The third-order valence-corrected chi connectivity index (χ3v) is 3.81. The van der Waals surface area contributed by atoms with Crippen molar-refractivity contribution in [1.29, 1.82) is 0 Å². The maximum absolute atomic E-state index is 4.68. The molecule has 102 valence electrons. The Bertz CT molecular complexity index is 701. The Hall–Kier alpha value is -2.16. The fraction of sp³-hybridized carbons (Fsp3) is 0.294. The molecule has 0 aliphatic heterocycles. The maximum Gasteiger partial charge on any atom is 0.145 e. The van der Waals surface area contributed by atoms with Gasteiger partial charge in [-0.15, -0.1) is 0 Å². The number of hydrogen-bond donors (Lipinski definition) is 0. The van der Waals surface area contributed by atoms with Gasteiger partial charge in [0.2, 0.25) is 0 Å². The van der Waals surface area contributed by atoms with Gasteiger partial charge in [0, 0.05) is 24.0 Å². The van der Waals surface area contributed by atoms with Crippen LogP contribution in [0.1, 0.15) is 38.2 Å². The summed E-state index contributed by atoms with van der Waals surface area (Å²) in [5.74, 6) is 1.49. The molecular formula is C17H19N3. The van der Waals surface area contributed by atoms with Gasteiger partial charge in [0.05, 0.1) is 0 Å². The number of imidazole rings is 1. The molecule has 2 heterocycles. The van der Waals surface area contributed by atoms with Gasteiger partial charge < -0.3 is 0 Å². The lowest BCUT2D eigenvalue weighted by molar-refractivity contribution is 0.666. The summed E-state index contributed by atoms with van der Waals surface area (Å²) in [6.45, 7) is 4.51. The largest absolute Gasteiger partial charge is 0.290 e. The highest BCUT2D eigenvalue weighted by atomic mass is 15.1. The van der Waals surface area contributed by atoms with Crippen molar-refractivity contribution < 1.29 is 0 Å². The molecule has 3 heteroatoms. The number of aromatic nitrogens is 3. The van der Waals surface area contributed by atoms with E-state index in [1.165, 1.54) is 29.2 Å². The maximum atomic E-state index is 4.68. The van der Waals surface area contributed by atoms with Crippen molar-refractivity contribution in [1.82, 2.24) is 14.5 Å². The molecule has 0 saturated carbocycles. The van der Waals surface area contributed by atoms with Crippen LogP contribution in [-0.2, 0) is 0 Å². The highest BCUT2D eigenvalue weighted by Gasteiger charge is 2.12. The Kier molecular flexibility index (Phi) is 3.50. The van der Waals surface area contributed by atoms with Gasteiger partial charge in [-0.3, -0.25) is 4.57 Å². The van der Waals surface area contributed by atoms with E-state index in [1.54, 1.807) is 12.5 Å². The molecule has 20 heavy (non-hydrogen) atoms. The Morgan fingerprint density at radius 2 is 2.00 bits per heavy atom. The van der Waals surface area contributed by atoms with E-state index in [-0.39, 0.29) is 0 Å². The summed E-state index contributed by atoms with van der Waals surface area (Å²) < 4.78 is 1.97. The summed E-state index contributed by atoms with van der Waals surface area (Å²) >= 11 is 0. The second-order valence-electron chi connectivity index (χ2n) is 5.24. The molecule has 0 spiro atoms. The molecule has 1 unspecified atom stereocenters. The number of nitrogens with zero attached hydrogens (tertiary/aromatic N) is 3. The fourth-order valence-electron chi connectivity index (χ4n) is 2.77. The normalized spacial score (nSPS) is 12.7. The minimum atomic E-state index is 0.536. The predicted molar refractivity (Wildman–Crippen MR) is 82.2 cm³/mol. The zero-order valence-electron chi connectivity index (χ0n) is 12.0. The molecule has 0 saturated heterocycles. The lowest BCUT2D eigenvalue weighted by atomic mass is 9.93. The molecule has 0 aliphatic rings. The molecule has 0 radical (unpaired) electrons. The molecule has 3 rings (SSSR count). The minimum absolute atomic E-state index is 0.536. The van der Waals surface area contributed by atoms with Gasteiger partial charge in [0.25, 0.3) is 0 Å². The molecule has 0 N–H and O–H groups in total. The summed E-state index contributed by atoms with van der Waals surface area (Å²) in [6.07, 6.45) is 9.92. The van der Waals surface area contributed by atoms with E-state index in [4.69, 9.17) is 0 Å². The van der Waals surface area contributed by atoms with Crippen molar-refractivity contribution in [3.05, 3.63) is 54.7 Å². The molecule has 1 atom stereocenters. The van der Waals surface area contributed by atoms with Crippen LogP contribution in [0.2, 0.25) is 0 Å². The Labute approximate surface area is 119 Å². The zero-order valence-corrected chi connectivity index (χ0v) is 12.0. The van der Waals surface area contributed by atoms with Crippen LogP contribution in [0, 0.1) is 0 Å². The molecule has 0 bridgehead atoms. The van der Waals surface area contributed by atoms with E-state index in [0.717, 1.165) is 5.82 Å². The van der Waals surface area contributed by atoms with E-state index in [2.05, 4.69) is 48.1 Å². The van der Waals surface area contributed by atoms with Gasteiger partial charge in [-0.1, -0.05) is 44.5 Å². The van der Waals surface area contributed by atoms with Crippen LogP contribution in [0.5, 0.6) is 0 Å². The van der Waals surface area contributed by atoms with E-state index in [0.29, 0.717) is 5.92 Å². The van der Waals surface area contributed by atoms with Gasteiger partial charge in [0.15, 0.2) is 0 Å². The highest BCUT2D eigenvalue weighted by Crippen LogP contribution is 2.30. The molecular weight excluding hydrogens is 246 g/mol. The van der Waals surface area contributed by atoms with E-state index in [1.807, 2.05) is 17.0 Å². The quantitative estimate of drug-likeness (QED) is 0.703. The molecule has 0 aliphatic carbocycles. The number of pyridine rings is 1. The Morgan fingerprint density at radius 1 is 1.20 bits per heavy atom. The van der Waals surface area contributed by atoms with Crippen LogP contribution >= 0.6 is 0 Å². The van der Waals surface area contributed by atoms with Crippen molar-refractivity contribution >= 4 is 10.8 Å². The van der Waals surface area contributed by atoms with E-state index >= 15 is 0 Å². The second-order valence-corrected chi connectivity index (χ2v) is 5.24. The first-order valence-electron chi connectivity index (χ1n) is 7.17. The van der Waals surface area contributed by atoms with Crippen molar-refractivity contribution in [3.8, 4) is 5.82 Å². The summed E-state index contributed by atoms with van der Waals surface area (Å²) in [7, 11) is 0. The average Bonchev–Trinajstić information content (AvgIpc) is 3.00. The molecule has 0 amide bonds. The van der Waals surface area contributed by atoms with Crippen LogP contribution in [0.4, 0.5) is 0 Å². The fourth-order valence-corrected chi connectivity index (χ4v) is 2.77. The van der Waals surface area contributed by atoms with E-state index in [9.17, 15) is 0 Å². The second kappa shape index (κ2) is 5.45. The number of hydrogen-bond acceptors (Lipinski definition) is 2. The van der Waals surface area contributed by atoms with Gasteiger partial charge in [0.1, 0.15) is 12.1 Å². The van der Waals surface area contributed by atoms with Crippen LogP contribution < -0.4 is 0 Å². The Morgan fingerprint density at radius 3 is 2.70 bits per heavy atom. The van der Waals surface area contributed by atoms with Crippen molar-refractivity contribution in [2.45, 2.75) is 32.6 Å². The SMILES string of the molecule is CCCC(C)c1cnc(-n2ccnc2)c2ccccc12. The third-order valence-electron chi connectivity index (χ3n) is 3.81. The topological polar surface area (TPSA) is 30.7 Å². The standard InChI is InChI=1S/C17H19N3/c1-3-6-13(2)16-11-19-17(20-10-9-18-12-20)15-8-5-4-7-14(15)16/h4-5,7-13H,3,6H2,1-2H3. The van der Waals surface area contributed by atoms with Crippen molar-refractivity contribution in [2.24, 2.45) is 0 Å². The van der Waals surface area contributed by atoms with Crippen LogP contribution in [0.3, 0.4) is 0 Å². The van der Waals surface area contributed by atoms with E-state index < -0.39 is 0 Å². The highest BCUT2D eigenvalue weighted by molar-refractivity contribution is 5.91. The van der Waals surface area contributed by atoms with Crippen LogP contribution in [0.15, 0.2) is 49.2 Å². The zero-order chi connectivity index (χ0) is 13.9. The van der Waals surface area contributed by atoms with Crippen LogP contribution in [-0.4, -0.2) is 14.5 Å². The minimum Gasteiger partial charge on any atom is -0.290 e. The smallest absolute Gasteiger partial charge is 0.145 e. The molecule has 0 fully saturated rings. The third kappa shape index (κ3) is 2.20. The summed E-state index contributed by atoms with van der Waals surface area (Å²) in [5.41, 5.74) is 1.34. The molecule has 3 aromatic rings. The molecule has 1 aromatic carbocycles. The summed E-state index contributed by atoms with van der Waals surface area (Å²) in [4.78, 5) is 8.79. The predicted octanol–water partition coefficient (Wildman–Crippen LogP) is 4.32. The lowest BCUT2D eigenvalue weighted by Gasteiger charge is -2.15. The summed E-state index contributed by atoms with van der Waals surface area (Å²) in [5, 5.41) is 2.48. The van der Waals surface area contributed by atoms with Gasteiger partial charge in [-0.2, -0.15) is 0 Å². The molecule has 3 nitrogen and oxygen atoms in total. The lowest BCUT2D eigenvalue weighted by Crippen LogP contribution is -2.01. The van der Waals surface area contributed by atoms with Crippen molar-refractivity contribution in [2.75, 3.05) is 0 Å². The monoisotopic (exact) mass is 265 g/mol. The number of rotatable bonds is 4. The number of fused-ring (bicyclic) bond motifs is 1. The average molecular weight is 265 g/mol. The van der Waals surface area contributed by atoms with Gasteiger partial charge in [-0.25, -0.2) is 9.97 Å². The van der Waals surface area contributed by atoms with Gasteiger partial charge in [-0.05, 0) is 23.3 Å². The van der Waals surface area contributed by atoms with Crippen molar-refractivity contribution in [3.63, 3.8) is 0 Å². The Balaban J connectivity index is 2.20. The first kappa shape index (κ1) is 12.9. The first-order chi connectivity index (χ1) is 9.81. The van der Waals surface area contributed by atoms with Crippen LogP contribution in [0.25, 0.3) is 16.6 Å². The summed E-state index contributed by atoms with van der Waals surface area (Å²) in [6, 6.07) is 8.50. The van der Waals surface area contributed by atoms with Gasteiger partial charge >= 0.3 is 0 Å². The molecule has 2 aromatic heterocycles. The first-order valence-corrected chi connectivity index (χ1v) is 7.17. The number of benzene rings is 1.